The Labute approximate surface area is 188 Å². The zero-order valence-electron chi connectivity index (χ0n) is 17.5. The fourth-order valence-corrected chi connectivity index (χ4v) is 4.74. The van der Waals surface area contributed by atoms with E-state index < -0.39 is 28.9 Å². The summed E-state index contributed by atoms with van der Waals surface area (Å²) in [6.45, 7) is 4.38. The first-order valence-electron chi connectivity index (χ1n) is 9.91. The highest BCUT2D eigenvalue weighted by atomic mass is 35.5. The Morgan fingerprint density at radius 3 is 2.34 bits per heavy atom. The van der Waals surface area contributed by atoms with E-state index in [1.165, 1.54) is 13.1 Å². The normalized spacial score (nSPS) is 14.2. The number of nitrogens with zero attached hydrogens (tertiary/aromatic N) is 6. The van der Waals surface area contributed by atoms with Gasteiger partial charge in [-0.15, -0.1) is 0 Å². The Morgan fingerprint density at radius 1 is 1.03 bits per heavy atom. The van der Waals surface area contributed by atoms with Gasteiger partial charge in [0.1, 0.15) is 5.69 Å². The van der Waals surface area contributed by atoms with E-state index >= 15 is 0 Å². The smallest absolute Gasteiger partial charge is 0.256 e. The molecule has 32 heavy (non-hydrogen) atoms. The summed E-state index contributed by atoms with van der Waals surface area (Å²) in [6.07, 6.45) is 1.73. The number of aromatic nitrogens is 5. The van der Waals surface area contributed by atoms with Gasteiger partial charge in [-0.2, -0.15) is 0 Å². The largest absolute Gasteiger partial charge is 0.341 e. The molecule has 0 saturated carbocycles. The third-order valence-corrected chi connectivity index (χ3v) is 6.42. The zero-order valence-corrected chi connectivity index (χ0v) is 19.1. The van der Waals surface area contributed by atoms with Gasteiger partial charge in [0, 0.05) is 26.2 Å². The van der Waals surface area contributed by atoms with E-state index in [2.05, 4.69) is 4.99 Å². The van der Waals surface area contributed by atoms with Gasteiger partial charge in [0.2, 0.25) is 4.80 Å². The molecule has 0 radical (unpaired) electrons. The standard InChI is InChI=1S/C19H20ClFN6O4S/c1-10(2)26-16(28)23(3)17(29)27(18(26)30)14-9-13(12(21)8-11(14)20)22-15-24-6-4-5-7-25(24)19(31)32-15/h8-10H,4-7H2,1-3H3. The van der Waals surface area contributed by atoms with Crippen LogP contribution in [0.1, 0.15) is 32.7 Å². The summed E-state index contributed by atoms with van der Waals surface area (Å²) in [6, 6.07) is 1.58. The molecular formula is C19H20ClFN6O4S. The Morgan fingerprint density at radius 2 is 1.69 bits per heavy atom. The molecule has 4 rings (SSSR count). The van der Waals surface area contributed by atoms with Gasteiger partial charge in [-0.05, 0) is 50.2 Å². The summed E-state index contributed by atoms with van der Waals surface area (Å²) < 4.78 is 20.4. The first kappa shape index (κ1) is 22.2. The minimum Gasteiger partial charge on any atom is -0.256 e. The lowest BCUT2D eigenvalue weighted by Gasteiger charge is -2.16. The van der Waals surface area contributed by atoms with E-state index in [4.69, 9.17) is 11.6 Å². The minimum absolute atomic E-state index is 0.114. The summed E-state index contributed by atoms with van der Waals surface area (Å²) in [4.78, 5) is 54.8. The molecule has 0 bridgehead atoms. The van der Waals surface area contributed by atoms with Crippen LogP contribution in [0.3, 0.4) is 0 Å². The molecule has 3 heterocycles. The van der Waals surface area contributed by atoms with Gasteiger partial charge in [-0.25, -0.2) is 42.1 Å². The van der Waals surface area contributed by atoms with Crippen LogP contribution in [0.25, 0.3) is 5.69 Å². The second-order valence-corrected chi connectivity index (χ2v) is 9.00. The third-order valence-electron chi connectivity index (χ3n) is 5.25. The van der Waals surface area contributed by atoms with Crippen LogP contribution in [0.4, 0.5) is 10.1 Å². The molecule has 0 aliphatic carbocycles. The number of rotatable bonds is 3. The second-order valence-electron chi connectivity index (χ2n) is 7.68. The van der Waals surface area contributed by atoms with Crippen molar-refractivity contribution in [2.24, 2.45) is 12.0 Å². The molecule has 2 aromatic heterocycles. The minimum atomic E-state index is -0.920. The van der Waals surface area contributed by atoms with Crippen molar-refractivity contribution < 1.29 is 4.39 Å². The van der Waals surface area contributed by atoms with Gasteiger partial charge in [-0.3, -0.25) is 9.48 Å². The lowest BCUT2D eigenvalue weighted by Crippen LogP contribution is -2.53. The quantitative estimate of drug-likeness (QED) is 0.557. The number of halogens is 2. The average molecular weight is 483 g/mol. The fourth-order valence-electron chi connectivity index (χ4n) is 3.62. The van der Waals surface area contributed by atoms with Crippen LogP contribution >= 0.6 is 22.9 Å². The molecule has 1 aliphatic heterocycles. The lowest BCUT2D eigenvalue weighted by atomic mass is 10.2. The third kappa shape index (κ3) is 3.52. The van der Waals surface area contributed by atoms with Gasteiger partial charge in [-0.1, -0.05) is 11.6 Å². The predicted molar refractivity (Wildman–Crippen MR) is 118 cm³/mol. The topological polar surface area (TPSA) is 105 Å². The maximum Gasteiger partial charge on any atom is 0.341 e. The van der Waals surface area contributed by atoms with Crippen LogP contribution in [-0.4, -0.2) is 23.1 Å². The predicted octanol–water partition coefficient (Wildman–Crippen LogP) is 1.12. The molecule has 1 aromatic carbocycles. The highest BCUT2D eigenvalue weighted by Gasteiger charge is 2.20. The first-order chi connectivity index (χ1) is 15.1. The Balaban J connectivity index is 2.01. The maximum absolute atomic E-state index is 14.7. The Hall–Kier alpha value is -2.99. The van der Waals surface area contributed by atoms with E-state index in [-0.39, 0.29) is 21.3 Å². The second kappa shape index (κ2) is 8.17. The van der Waals surface area contributed by atoms with E-state index in [9.17, 15) is 23.6 Å². The molecule has 0 spiro atoms. The van der Waals surface area contributed by atoms with Gasteiger partial charge in [0.15, 0.2) is 5.82 Å². The van der Waals surface area contributed by atoms with E-state index in [1.54, 1.807) is 23.2 Å². The van der Waals surface area contributed by atoms with Crippen molar-refractivity contribution in [1.82, 2.24) is 23.1 Å². The zero-order chi connectivity index (χ0) is 23.3. The van der Waals surface area contributed by atoms with Gasteiger partial charge >= 0.3 is 21.9 Å². The summed E-state index contributed by atoms with van der Waals surface area (Å²) in [5, 5.41) is -0.200. The summed E-state index contributed by atoms with van der Waals surface area (Å²) in [5.74, 6) is -0.781. The van der Waals surface area contributed by atoms with Crippen molar-refractivity contribution in [3.63, 3.8) is 0 Å². The summed E-state index contributed by atoms with van der Waals surface area (Å²) >= 11 is 7.07. The molecule has 3 aromatic rings. The Bertz CT molecular complexity index is 1540. The van der Waals surface area contributed by atoms with Crippen LogP contribution in [-0.2, 0) is 20.1 Å². The summed E-state index contributed by atoms with van der Waals surface area (Å²) in [5.41, 5.74) is -2.89. The molecule has 0 saturated heterocycles. The lowest BCUT2D eigenvalue weighted by molar-refractivity contribution is 0.345. The van der Waals surface area contributed by atoms with Crippen LogP contribution in [0, 0.1) is 5.82 Å². The van der Waals surface area contributed by atoms with Crippen molar-refractivity contribution in [1.29, 1.82) is 0 Å². The van der Waals surface area contributed by atoms with Crippen molar-refractivity contribution in [2.75, 3.05) is 0 Å². The van der Waals surface area contributed by atoms with Crippen LogP contribution in [0.2, 0.25) is 5.02 Å². The fraction of sp³-hybridized carbons (Fsp3) is 0.421. The number of fused-ring (bicyclic) bond motifs is 1. The molecule has 170 valence electrons. The molecule has 0 amide bonds. The number of benzene rings is 1. The van der Waals surface area contributed by atoms with Gasteiger partial charge < -0.3 is 0 Å². The van der Waals surface area contributed by atoms with E-state index in [1.807, 2.05) is 0 Å². The highest BCUT2D eigenvalue weighted by molar-refractivity contribution is 7.06. The molecule has 13 heteroatoms. The molecule has 10 nitrogen and oxygen atoms in total. The monoisotopic (exact) mass is 482 g/mol. The molecule has 0 fully saturated rings. The number of hydrogen-bond acceptors (Lipinski definition) is 6. The molecular weight excluding hydrogens is 463 g/mol. The summed E-state index contributed by atoms with van der Waals surface area (Å²) in [7, 11) is 1.24. The van der Waals surface area contributed by atoms with Crippen molar-refractivity contribution >= 4 is 28.6 Å². The van der Waals surface area contributed by atoms with Crippen LogP contribution < -0.4 is 26.7 Å². The van der Waals surface area contributed by atoms with E-state index in [0.29, 0.717) is 22.5 Å². The number of hydrogen-bond donors (Lipinski definition) is 0. The van der Waals surface area contributed by atoms with Crippen molar-refractivity contribution in [3.05, 3.63) is 68.9 Å². The van der Waals surface area contributed by atoms with Crippen LogP contribution in [0.5, 0.6) is 0 Å². The average Bonchev–Trinajstić information content (AvgIpc) is 3.05. The molecule has 0 atom stereocenters. The highest BCUT2D eigenvalue weighted by Crippen LogP contribution is 2.27. The first-order valence-corrected chi connectivity index (χ1v) is 11.1. The molecule has 0 N–H and O–H groups in total. The van der Waals surface area contributed by atoms with Crippen LogP contribution in [0.15, 0.2) is 36.3 Å². The van der Waals surface area contributed by atoms with Crippen molar-refractivity contribution in [2.45, 2.75) is 45.8 Å². The van der Waals surface area contributed by atoms with E-state index in [0.717, 1.165) is 39.4 Å². The van der Waals surface area contributed by atoms with Gasteiger partial charge in [0.25, 0.3) is 0 Å². The molecule has 0 unspecified atom stereocenters. The Kier molecular flexibility index (Phi) is 5.67. The molecule has 1 aliphatic rings. The maximum atomic E-state index is 14.7. The van der Waals surface area contributed by atoms with Crippen molar-refractivity contribution in [3.8, 4) is 5.69 Å². The van der Waals surface area contributed by atoms with Gasteiger partial charge in [0.05, 0.1) is 10.7 Å². The SMILES string of the molecule is CC(C)n1c(=O)n(C)c(=O)n(-c2cc(N=c3sc(=O)n4n3CCCC4)c(F)cc2Cl)c1=O.